The first-order valence-corrected chi connectivity index (χ1v) is 16.9. The maximum absolute atomic E-state index is 14.8. The number of benzene rings is 3. The van der Waals surface area contributed by atoms with Gasteiger partial charge in [0.2, 0.25) is 15.9 Å². The third-order valence-corrected chi connectivity index (χ3v) is 11.1. The minimum atomic E-state index is -3.62. The molecule has 2 fully saturated rings. The number of nitrogens with zero attached hydrogens (tertiary/aromatic N) is 2. The van der Waals surface area contributed by atoms with Gasteiger partial charge in [-0.3, -0.25) is 9.10 Å². The molecule has 2 unspecified atom stereocenters. The summed E-state index contributed by atoms with van der Waals surface area (Å²) in [7, 11) is -3.62. The smallest absolute Gasteiger partial charge is 0.234 e. The summed E-state index contributed by atoms with van der Waals surface area (Å²) in [4.78, 5) is 16.8. The van der Waals surface area contributed by atoms with E-state index in [0.717, 1.165) is 24.0 Å². The van der Waals surface area contributed by atoms with Crippen molar-refractivity contribution in [2.24, 2.45) is 11.3 Å². The Morgan fingerprint density at radius 1 is 1.00 bits per heavy atom. The van der Waals surface area contributed by atoms with E-state index in [9.17, 15) is 13.2 Å². The molecule has 1 saturated heterocycles. The fraction of sp³-hybridized carbons (Fsp3) is 0.382. The van der Waals surface area contributed by atoms with Gasteiger partial charge in [-0.15, -0.1) is 6.58 Å². The van der Waals surface area contributed by atoms with Crippen molar-refractivity contribution in [3.8, 4) is 0 Å². The van der Waals surface area contributed by atoms with Crippen molar-refractivity contribution in [3.05, 3.63) is 113 Å². The minimum Gasteiger partial charge on any atom is -0.329 e. The van der Waals surface area contributed by atoms with E-state index in [1.807, 2.05) is 90.7 Å². The third kappa shape index (κ3) is 6.27. The molecule has 222 valence electrons. The van der Waals surface area contributed by atoms with Crippen molar-refractivity contribution >= 4 is 44.8 Å². The number of piperidine rings is 1. The molecule has 0 spiro atoms. The van der Waals surface area contributed by atoms with Crippen molar-refractivity contribution < 1.29 is 13.2 Å². The molecule has 1 amide bonds. The van der Waals surface area contributed by atoms with Gasteiger partial charge in [-0.25, -0.2) is 8.42 Å². The van der Waals surface area contributed by atoms with Crippen LogP contribution in [0.2, 0.25) is 10.0 Å². The van der Waals surface area contributed by atoms with Crippen LogP contribution in [0.15, 0.2) is 91.5 Å². The first-order valence-electron chi connectivity index (χ1n) is 14.6. The van der Waals surface area contributed by atoms with Gasteiger partial charge in [0.1, 0.15) is 0 Å². The van der Waals surface area contributed by atoms with E-state index in [0.29, 0.717) is 28.6 Å². The molecule has 1 aliphatic carbocycles. The Labute approximate surface area is 260 Å². The van der Waals surface area contributed by atoms with Gasteiger partial charge >= 0.3 is 0 Å². The molecule has 1 saturated carbocycles. The fourth-order valence-electron chi connectivity index (χ4n) is 6.50. The van der Waals surface area contributed by atoms with E-state index in [1.165, 1.54) is 4.31 Å². The maximum Gasteiger partial charge on any atom is 0.234 e. The highest BCUT2D eigenvalue weighted by atomic mass is 35.5. The Kier molecular flexibility index (Phi) is 9.08. The van der Waals surface area contributed by atoms with Gasteiger partial charge in [0.25, 0.3) is 0 Å². The molecular formula is C34H38Cl2N2O3S. The molecule has 1 heterocycles. The van der Waals surface area contributed by atoms with E-state index >= 15 is 0 Å². The predicted molar refractivity (Wildman–Crippen MR) is 173 cm³/mol. The lowest BCUT2D eigenvalue weighted by molar-refractivity contribution is -0.154. The number of hydrogen-bond acceptors (Lipinski definition) is 3. The average molecular weight is 626 g/mol. The van der Waals surface area contributed by atoms with Gasteiger partial charge in [0.05, 0.1) is 35.5 Å². The first-order chi connectivity index (χ1) is 20.1. The normalized spacial score (nSPS) is 23.4. The summed E-state index contributed by atoms with van der Waals surface area (Å²) in [5, 5.41) is 1.26. The second-order valence-corrected chi connectivity index (χ2v) is 14.9. The monoisotopic (exact) mass is 624 g/mol. The van der Waals surface area contributed by atoms with Gasteiger partial charge < -0.3 is 4.90 Å². The lowest BCUT2D eigenvalue weighted by atomic mass is 9.67. The van der Waals surface area contributed by atoms with E-state index in [1.54, 1.807) is 6.92 Å². The second kappa shape index (κ2) is 12.4. The third-order valence-electron chi connectivity index (χ3n) is 8.81. The molecule has 8 heteroatoms. The molecule has 0 radical (unpaired) electrons. The number of anilines is 1. The number of carbonyl (C=O) groups excluding carboxylic acids is 1. The largest absolute Gasteiger partial charge is 0.329 e. The number of hydrogen-bond donors (Lipinski definition) is 0. The molecule has 5 rings (SSSR count). The summed E-state index contributed by atoms with van der Waals surface area (Å²) < 4.78 is 28.6. The number of allylic oxidation sites excluding steroid dienone is 1. The highest BCUT2D eigenvalue weighted by Crippen LogP contribution is 2.54. The average Bonchev–Trinajstić information content (AvgIpc) is 3.82. The maximum atomic E-state index is 14.8. The van der Waals surface area contributed by atoms with Crippen LogP contribution in [0.3, 0.4) is 0 Å². The molecule has 2 aliphatic rings. The van der Waals surface area contributed by atoms with E-state index < -0.39 is 15.4 Å². The van der Waals surface area contributed by atoms with E-state index in [4.69, 9.17) is 23.2 Å². The molecule has 3 aromatic carbocycles. The fourth-order valence-corrected chi connectivity index (χ4v) is 7.96. The molecule has 1 aliphatic heterocycles. The Hall–Kier alpha value is -2.80. The zero-order valence-corrected chi connectivity index (χ0v) is 26.5. The highest BCUT2D eigenvalue weighted by Gasteiger charge is 2.54. The van der Waals surface area contributed by atoms with Gasteiger partial charge in [0, 0.05) is 16.0 Å². The van der Waals surface area contributed by atoms with E-state index in [-0.39, 0.29) is 42.1 Å². The van der Waals surface area contributed by atoms with Crippen LogP contribution in [0.25, 0.3) is 0 Å². The number of rotatable bonds is 11. The molecule has 4 atom stereocenters. The Morgan fingerprint density at radius 3 is 2.29 bits per heavy atom. The summed E-state index contributed by atoms with van der Waals surface area (Å²) in [6.07, 6.45) is 4.82. The van der Waals surface area contributed by atoms with Crippen molar-refractivity contribution in [2.75, 3.05) is 16.6 Å². The topological polar surface area (TPSA) is 57.7 Å². The first kappa shape index (κ1) is 30.7. The highest BCUT2D eigenvalue weighted by molar-refractivity contribution is 7.92. The number of halogens is 2. The van der Waals surface area contributed by atoms with Gasteiger partial charge in [-0.2, -0.15) is 0 Å². The lowest BCUT2D eigenvalue weighted by Gasteiger charge is -2.53. The molecule has 0 aromatic heterocycles. The van der Waals surface area contributed by atoms with Crippen molar-refractivity contribution in [1.82, 2.24) is 4.90 Å². The molecule has 3 aromatic rings. The number of likely N-dealkylation sites (tertiary alicyclic amines) is 1. The summed E-state index contributed by atoms with van der Waals surface area (Å²) in [6, 6.07) is 24.1. The van der Waals surface area contributed by atoms with Crippen LogP contribution in [0.4, 0.5) is 5.69 Å². The van der Waals surface area contributed by atoms with Gasteiger partial charge in [0.15, 0.2) is 0 Å². The molecule has 0 bridgehead atoms. The van der Waals surface area contributed by atoms with Crippen LogP contribution in [-0.2, 0) is 14.8 Å². The lowest BCUT2D eigenvalue weighted by Crippen LogP contribution is -2.59. The van der Waals surface area contributed by atoms with Crippen LogP contribution in [0, 0.1) is 11.3 Å². The minimum absolute atomic E-state index is 0.0273. The summed E-state index contributed by atoms with van der Waals surface area (Å²) in [5.74, 6) is 0.0990. The molecule has 5 nitrogen and oxygen atoms in total. The summed E-state index contributed by atoms with van der Waals surface area (Å²) in [5.41, 5.74) is 1.91. The molecular weight excluding hydrogens is 587 g/mol. The van der Waals surface area contributed by atoms with Crippen LogP contribution >= 0.6 is 23.2 Å². The SMILES string of the molecule is C=CC[C@@]1(C)CC(c2cccc(Cl)c2)C(c2ccc(Cl)cc2)N([C@H](CN(c2ccccc2)S(=O)(=O)CC)C2CC2)C1=O. The zero-order valence-electron chi connectivity index (χ0n) is 24.1. The standard InChI is InChI=1S/C34H38Cl2N2O3S/c1-4-20-34(3)22-30(26-10-9-11-28(36)21-26)32(25-16-18-27(35)19-17-25)38(33(34)39)31(24-14-15-24)23-37(42(40,41)5-2)29-12-7-6-8-13-29/h4,6-13,16-19,21,24,30-32H,1,5,14-15,20,22-23H2,2-3H3/t30?,31-,32?,34+/m1/s1. The zero-order chi connectivity index (χ0) is 30.1. The number of para-hydroxylation sites is 1. The second-order valence-electron chi connectivity index (χ2n) is 11.8. The Morgan fingerprint density at radius 2 is 1.69 bits per heavy atom. The van der Waals surface area contributed by atoms with Crippen LogP contribution in [0.5, 0.6) is 0 Å². The summed E-state index contributed by atoms with van der Waals surface area (Å²) in [6.45, 7) is 7.85. The molecule has 42 heavy (non-hydrogen) atoms. The van der Waals surface area contributed by atoms with Crippen molar-refractivity contribution in [1.29, 1.82) is 0 Å². The quantitative estimate of drug-likeness (QED) is 0.202. The molecule has 0 N–H and O–H groups in total. The Balaban J connectivity index is 1.70. The van der Waals surface area contributed by atoms with Gasteiger partial charge in [-0.05, 0) is 86.1 Å². The van der Waals surface area contributed by atoms with E-state index in [2.05, 4.69) is 12.6 Å². The van der Waals surface area contributed by atoms with Crippen LogP contribution in [-0.4, -0.2) is 37.6 Å². The number of carbonyl (C=O) groups is 1. The number of sulfonamides is 1. The van der Waals surface area contributed by atoms with Crippen LogP contribution < -0.4 is 4.31 Å². The van der Waals surface area contributed by atoms with Gasteiger partial charge in [-0.1, -0.05) is 78.7 Å². The number of amides is 1. The predicted octanol–water partition coefficient (Wildman–Crippen LogP) is 8.27. The summed E-state index contributed by atoms with van der Waals surface area (Å²) >= 11 is 12.8. The van der Waals surface area contributed by atoms with Crippen molar-refractivity contribution in [3.63, 3.8) is 0 Å². The van der Waals surface area contributed by atoms with Crippen molar-refractivity contribution in [2.45, 2.75) is 57.5 Å². The Bertz CT molecular complexity index is 1530. The van der Waals surface area contributed by atoms with Crippen LogP contribution in [0.1, 0.15) is 62.6 Å².